The molecule has 1 saturated carbocycles. The van der Waals surface area contributed by atoms with Gasteiger partial charge in [-0.05, 0) is 69.0 Å². The van der Waals surface area contributed by atoms with E-state index in [0.29, 0.717) is 11.6 Å². The van der Waals surface area contributed by atoms with Gasteiger partial charge >= 0.3 is 6.09 Å². The number of rotatable bonds is 4. The Labute approximate surface area is 164 Å². The number of piperidine rings is 3. The van der Waals surface area contributed by atoms with Crippen LogP contribution in [0.1, 0.15) is 25.7 Å². The average Bonchev–Trinajstić information content (AvgIpc) is 3.55. The number of amides is 1. The first-order valence-corrected chi connectivity index (χ1v) is 10.1. The van der Waals surface area contributed by atoms with Crippen molar-refractivity contribution in [2.75, 3.05) is 24.5 Å². The molecule has 0 spiro atoms. The van der Waals surface area contributed by atoms with Gasteiger partial charge in [0.2, 0.25) is 0 Å². The maximum Gasteiger partial charge on any atom is 0.414 e. The van der Waals surface area contributed by atoms with E-state index in [4.69, 9.17) is 4.74 Å². The topological polar surface area (TPSA) is 45.7 Å². The van der Waals surface area contributed by atoms with Crippen LogP contribution in [0.4, 0.5) is 14.9 Å². The highest BCUT2D eigenvalue weighted by molar-refractivity contribution is 5.89. The summed E-state index contributed by atoms with van der Waals surface area (Å²) in [6.07, 6.45) is 5.27. The normalized spacial score (nSPS) is 26.1. The van der Waals surface area contributed by atoms with Crippen LogP contribution in [0, 0.1) is 11.7 Å². The Hall–Kier alpha value is -2.47. The fourth-order valence-electron chi connectivity index (χ4n) is 4.37. The highest BCUT2D eigenvalue weighted by Gasteiger charge is 2.40. The molecule has 0 N–H and O–H groups in total. The average molecular weight is 381 g/mol. The number of pyridine rings is 1. The molecule has 4 heterocycles. The first-order chi connectivity index (χ1) is 13.7. The first-order valence-electron chi connectivity index (χ1n) is 10.1. The van der Waals surface area contributed by atoms with Gasteiger partial charge in [0, 0.05) is 23.8 Å². The molecule has 1 aromatic heterocycles. The van der Waals surface area contributed by atoms with Crippen LogP contribution in [0.25, 0.3) is 11.3 Å². The van der Waals surface area contributed by atoms with Crippen molar-refractivity contribution in [3.05, 3.63) is 48.4 Å². The molecular weight excluding hydrogens is 357 g/mol. The summed E-state index contributed by atoms with van der Waals surface area (Å²) in [7, 11) is 0. The summed E-state index contributed by atoms with van der Waals surface area (Å²) >= 11 is 0. The summed E-state index contributed by atoms with van der Waals surface area (Å²) in [6, 6.07) is 11.0. The molecule has 3 saturated heterocycles. The smallest absolute Gasteiger partial charge is 0.414 e. The van der Waals surface area contributed by atoms with Crippen molar-refractivity contribution < 1.29 is 13.9 Å². The van der Waals surface area contributed by atoms with E-state index < -0.39 is 0 Å². The molecule has 146 valence electrons. The second-order valence-corrected chi connectivity index (χ2v) is 8.07. The maximum atomic E-state index is 13.1. The van der Waals surface area contributed by atoms with E-state index in [9.17, 15) is 9.18 Å². The molecule has 6 rings (SSSR count). The summed E-state index contributed by atoms with van der Waals surface area (Å²) in [4.78, 5) is 21.3. The van der Waals surface area contributed by atoms with Crippen LogP contribution in [0.5, 0.6) is 0 Å². The van der Waals surface area contributed by atoms with Crippen LogP contribution in [-0.2, 0) is 4.74 Å². The number of aromatic nitrogens is 1. The minimum atomic E-state index is -0.351. The van der Waals surface area contributed by atoms with Crippen molar-refractivity contribution in [2.45, 2.75) is 37.8 Å². The predicted octanol–water partition coefficient (Wildman–Crippen LogP) is 4.09. The lowest BCUT2D eigenvalue weighted by Crippen LogP contribution is -2.53. The number of anilines is 1. The summed E-state index contributed by atoms with van der Waals surface area (Å²) < 4.78 is 19.0. The van der Waals surface area contributed by atoms with Crippen LogP contribution in [-0.4, -0.2) is 47.8 Å². The molecule has 6 heteroatoms. The molecule has 4 fully saturated rings. The van der Waals surface area contributed by atoms with Crippen molar-refractivity contribution in [1.29, 1.82) is 0 Å². The predicted molar refractivity (Wildman–Crippen MR) is 105 cm³/mol. The standard InChI is InChI=1S/C22H24FN3O2/c23-17-3-8-20(24-13-17)15-1-4-18(5-2-15)26(19-6-7-19)22(27)28-21-14-25-11-9-16(21)10-12-25/h1-5,8,13,16,19,21H,6-7,9-12,14H2/t21-/m1/s1. The van der Waals surface area contributed by atoms with Crippen molar-refractivity contribution in [3.63, 3.8) is 0 Å². The number of ether oxygens (including phenoxy) is 1. The summed E-state index contributed by atoms with van der Waals surface area (Å²) in [5.41, 5.74) is 2.45. The molecular formula is C22H24FN3O2. The van der Waals surface area contributed by atoms with Gasteiger partial charge in [-0.15, -0.1) is 0 Å². The van der Waals surface area contributed by atoms with E-state index in [1.807, 2.05) is 24.3 Å². The zero-order chi connectivity index (χ0) is 19.1. The lowest BCUT2D eigenvalue weighted by molar-refractivity contribution is -0.0311. The fraction of sp³-hybridized carbons (Fsp3) is 0.455. The molecule has 28 heavy (non-hydrogen) atoms. The Balaban J connectivity index is 1.32. The number of nitrogens with zero attached hydrogens (tertiary/aromatic N) is 3. The fourth-order valence-corrected chi connectivity index (χ4v) is 4.37. The van der Waals surface area contributed by atoms with Crippen LogP contribution in [0.3, 0.4) is 0 Å². The highest BCUT2D eigenvalue weighted by Crippen LogP contribution is 2.35. The molecule has 0 unspecified atom stereocenters. The minimum Gasteiger partial charge on any atom is -0.444 e. The van der Waals surface area contributed by atoms with Crippen molar-refractivity contribution in [2.24, 2.45) is 5.92 Å². The maximum absolute atomic E-state index is 13.1. The van der Waals surface area contributed by atoms with Gasteiger partial charge in [-0.1, -0.05) is 12.1 Å². The summed E-state index contributed by atoms with van der Waals surface area (Å²) in [6.45, 7) is 3.12. The molecule has 0 radical (unpaired) electrons. The number of carbonyl (C=O) groups excluding carboxylic acids is 1. The molecule has 4 aliphatic rings. The van der Waals surface area contributed by atoms with Gasteiger partial charge in [0.05, 0.1) is 11.9 Å². The van der Waals surface area contributed by atoms with E-state index in [1.54, 1.807) is 11.0 Å². The summed E-state index contributed by atoms with van der Waals surface area (Å²) in [5.74, 6) is 0.151. The number of hydrogen-bond acceptors (Lipinski definition) is 4. The Morgan fingerprint density at radius 3 is 2.39 bits per heavy atom. The Morgan fingerprint density at radius 1 is 1.07 bits per heavy atom. The Morgan fingerprint density at radius 2 is 1.82 bits per heavy atom. The largest absolute Gasteiger partial charge is 0.444 e. The molecule has 2 aromatic rings. The van der Waals surface area contributed by atoms with E-state index in [0.717, 1.165) is 56.6 Å². The van der Waals surface area contributed by atoms with Crippen molar-refractivity contribution in [1.82, 2.24) is 9.88 Å². The number of carbonyl (C=O) groups is 1. The quantitative estimate of drug-likeness (QED) is 0.800. The third-order valence-electron chi connectivity index (χ3n) is 6.13. The second-order valence-electron chi connectivity index (χ2n) is 8.07. The lowest BCUT2D eigenvalue weighted by atomic mass is 9.86. The van der Waals surface area contributed by atoms with E-state index in [1.165, 1.54) is 12.3 Å². The molecule has 5 nitrogen and oxygen atoms in total. The number of benzene rings is 1. The van der Waals surface area contributed by atoms with Gasteiger partial charge in [0.1, 0.15) is 11.9 Å². The van der Waals surface area contributed by atoms with E-state index in [-0.39, 0.29) is 24.1 Å². The van der Waals surface area contributed by atoms with Crippen LogP contribution in [0.2, 0.25) is 0 Å². The zero-order valence-electron chi connectivity index (χ0n) is 15.8. The van der Waals surface area contributed by atoms with Gasteiger partial charge in [0.15, 0.2) is 0 Å². The van der Waals surface area contributed by atoms with E-state index in [2.05, 4.69) is 9.88 Å². The van der Waals surface area contributed by atoms with E-state index >= 15 is 0 Å². The van der Waals surface area contributed by atoms with Gasteiger partial charge in [-0.3, -0.25) is 14.8 Å². The SMILES string of the molecule is O=C(O[C@@H]1CN2CCC1CC2)N(c1ccc(-c2ccc(F)cn2)cc1)C1CC1. The lowest BCUT2D eigenvalue weighted by Gasteiger charge is -2.44. The Kier molecular flexibility index (Phi) is 4.51. The third kappa shape index (κ3) is 3.49. The molecule has 1 aliphatic carbocycles. The molecule has 1 amide bonds. The zero-order valence-corrected chi connectivity index (χ0v) is 15.8. The third-order valence-corrected chi connectivity index (χ3v) is 6.13. The number of halogens is 1. The van der Waals surface area contributed by atoms with Crippen molar-refractivity contribution >= 4 is 11.8 Å². The Bertz CT molecular complexity index is 843. The molecule has 3 aliphatic heterocycles. The number of fused-ring (bicyclic) bond motifs is 3. The molecule has 2 bridgehead atoms. The highest BCUT2D eigenvalue weighted by atomic mass is 19.1. The van der Waals surface area contributed by atoms with Gasteiger partial charge in [0.25, 0.3) is 0 Å². The monoisotopic (exact) mass is 381 g/mol. The van der Waals surface area contributed by atoms with Crippen molar-refractivity contribution in [3.8, 4) is 11.3 Å². The van der Waals surface area contributed by atoms with Crippen LogP contribution < -0.4 is 4.90 Å². The van der Waals surface area contributed by atoms with Crippen LogP contribution >= 0.6 is 0 Å². The van der Waals surface area contributed by atoms with Gasteiger partial charge in [-0.25, -0.2) is 9.18 Å². The second kappa shape index (κ2) is 7.17. The minimum absolute atomic E-state index is 0.0129. The molecule has 1 aromatic carbocycles. The van der Waals surface area contributed by atoms with Gasteiger partial charge < -0.3 is 4.74 Å². The van der Waals surface area contributed by atoms with Gasteiger partial charge in [-0.2, -0.15) is 0 Å². The number of hydrogen-bond donors (Lipinski definition) is 0. The first kappa shape index (κ1) is 17.6. The molecule has 1 atom stereocenters. The summed E-state index contributed by atoms with van der Waals surface area (Å²) in [5, 5.41) is 0. The van der Waals surface area contributed by atoms with Crippen LogP contribution in [0.15, 0.2) is 42.6 Å².